The van der Waals surface area contributed by atoms with Crippen molar-refractivity contribution in [3.8, 4) is 0 Å². The van der Waals surface area contributed by atoms with Crippen molar-refractivity contribution >= 4 is 15.9 Å². The Labute approximate surface area is 112 Å². The molecule has 0 atom stereocenters. The van der Waals surface area contributed by atoms with E-state index >= 15 is 0 Å². The Morgan fingerprint density at radius 1 is 1.29 bits per heavy atom. The monoisotopic (exact) mass is 297 g/mol. The molecule has 17 heavy (non-hydrogen) atoms. The fraction of sp³-hybridized carbons (Fsp3) is 0.571. The van der Waals surface area contributed by atoms with Crippen molar-refractivity contribution in [2.75, 3.05) is 20.3 Å². The minimum atomic E-state index is 0.709. The summed E-state index contributed by atoms with van der Waals surface area (Å²) in [7, 11) is 1.76. The van der Waals surface area contributed by atoms with Gasteiger partial charge in [0.2, 0.25) is 0 Å². The molecule has 1 N–H and O–H groups in total. The van der Waals surface area contributed by atoms with E-state index in [4.69, 9.17) is 4.74 Å². The van der Waals surface area contributed by atoms with Crippen LogP contribution in [0.4, 0.5) is 0 Å². The molecule has 0 spiro atoms. The van der Waals surface area contributed by atoms with Crippen molar-refractivity contribution in [2.45, 2.75) is 31.2 Å². The SMILES string of the molecule is COCCCNC1CC(c2ccc(Br)cc2)C1. The molecular weight excluding hydrogens is 278 g/mol. The second-order valence-corrected chi connectivity index (χ2v) is 5.63. The zero-order valence-corrected chi connectivity index (χ0v) is 11.9. The quantitative estimate of drug-likeness (QED) is 0.814. The van der Waals surface area contributed by atoms with E-state index in [1.54, 1.807) is 7.11 Å². The summed E-state index contributed by atoms with van der Waals surface area (Å²) in [6.07, 6.45) is 3.65. The van der Waals surface area contributed by atoms with Gasteiger partial charge >= 0.3 is 0 Å². The van der Waals surface area contributed by atoms with Crippen LogP contribution in [0.15, 0.2) is 28.7 Å². The van der Waals surface area contributed by atoms with Gasteiger partial charge in [0.05, 0.1) is 0 Å². The van der Waals surface area contributed by atoms with Gasteiger partial charge < -0.3 is 10.1 Å². The molecule has 0 aromatic heterocycles. The molecule has 1 aromatic carbocycles. The summed E-state index contributed by atoms with van der Waals surface area (Å²) in [5, 5.41) is 3.58. The number of benzene rings is 1. The number of nitrogens with one attached hydrogen (secondary N) is 1. The first kappa shape index (κ1) is 13.1. The molecule has 0 amide bonds. The number of hydrogen-bond acceptors (Lipinski definition) is 2. The topological polar surface area (TPSA) is 21.3 Å². The highest BCUT2D eigenvalue weighted by atomic mass is 79.9. The zero-order valence-electron chi connectivity index (χ0n) is 10.3. The standard InChI is InChI=1S/C14H20BrNO/c1-17-8-2-7-16-14-9-12(10-14)11-3-5-13(15)6-4-11/h3-6,12,14,16H,2,7-10H2,1H3. The van der Waals surface area contributed by atoms with Crippen molar-refractivity contribution in [3.05, 3.63) is 34.3 Å². The number of hydrogen-bond donors (Lipinski definition) is 1. The van der Waals surface area contributed by atoms with Gasteiger partial charge in [0.25, 0.3) is 0 Å². The van der Waals surface area contributed by atoms with Crippen molar-refractivity contribution in [3.63, 3.8) is 0 Å². The molecule has 0 heterocycles. The van der Waals surface area contributed by atoms with Gasteiger partial charge in [-0.3, -0.25) is 0 Å². The number of rotatable bonds is 6. The molecule has 1 aromatic rings. The molecule has 0 saturated heterocycles. The van der Waals surface area contributed by atoms with E-state index in [2.05, 4.69) is 45.5 Å². The van der Waals surface area contributed by atoms with Crippen molar-refractivity contribution in [2.24, 2.45) is 0 Å². The van der Waals surface area contributed by atoms with Gasteiger partial charge in [0, 0.05) is 24.2 Å². The maximum atomic E-state index is 5.03. The minimum Gasteiger partial charge on any atom is -0.385 e. The Balaban J connectivity index is 1.66. The van der Waals surface area contributed by atoms with Crippen LogP contribution in [0.5, 0.6) is 0 Å². The summed E-state index contributed by atoms with van der Waals surface area (Å²) in [4.78, 5) is 0. The average molecular weight is 298 g/mol. The van der Waals surface area contributed by atoms with Crippen LogP contribution in [0.25, 0.3) is 0 Å². The predicted octanol–water partition coefficient (Wildman–Crippen LogP) is 3.32. The highest BCUT2D eigenvalue weighted by molar-refractivity contribution is 9.10. The van der Waals surface area contributed by atoms with Crippen LogP contribution < -0.4 is 5.32 Å². The van der Waals surface area contributed by atoms with Gasteiger partial charge in [-0.1, -0.05) is 28.1 Å². The Bertz CT molecular complexity index is 333. The summed E-state index contributed by atoms with van der Waals surface area (Å²) in [5.74, 6) is 0.753. The molecule has 0 radical (unpaired) electrons. The van der Waals surface area contributed by atoms with Crippen molar-refractivity contribution in [1.29, 1.82) is 0 Å². The maximum absolute atomic E-state index is 5.03. The summed E-state index contributed by atoms with van der Waals surface area (Å²) >= 11 is 3.47. The molecule has 0 bridgehead atoms. The van der Waals surface area contributed by atoms with Crippen LogP contribution in [0.1, 0.15) is 30.7 Å². The highest BCUT2D eigenvalue weighted by Crippen LogP contribution is 2.37. The Morgan fingerprint density at radius 2 is 2.00 bits per heavy atom. The van der Waals surface area contributed by atoms with E-state index < -0.39 is 0 Å². The summed E-state index contributed by atoms with van der Waals surface area (Å²) < 4.78 is 6.19. The van der Waals surface area contributed by atoms with E-state index in [-0.39, 0.29) is 0 Å². The molecule has 2 nitrogen and oxygen atoms in total. The fourth-order valence-electron chi connectivity index (χ4n) is 2.31. The number of halogens is 1. The molecule has 0 unspecified atom stereocenters. The van der Waals surface area contributed by atoms with E-state index in [0.717, 1.165) is 30.0 Å². The highest BCUT2D eigenvalue weighted by Gasteiger charge is 2.29. The normalized spacial score (nSPS) is 23.4. The summed E-state index contributed by atoms with van der Waals surface area (Å²) in [5.41, 5.74) is 1.48. The van der Waals surface area contributed by atoms with Crippen LogP contribution >= 0.6 is 15.9 Å². The van der Waals surface area contributed by atoms with Gasteiger partial charge in [-0.05, 0) is 49.4 Å². The Morgan fingerprint density at radius 3 is 2.65 bits per heavy atom. The molecule has 94 valence electrons. The van der Waals surface area contributed by atoms with Gasteiger partial charge in [-0.15, -0.1) is 0 Å². The third-order valence-electron chi connectivity index (χ3n) is 3.44. The Kier molecular flexibility index (Phi) is 5.01. The van der Waals surface area contributed by atoms with Gasteiger partial charge in [-0.25, -0.2) is 0 Å². The zero-order chi connectivity index (χ0) is 12.1. The largest absolute Gasteiger partial charge is 0.385 e. The van der Waals surface area contributed by atoms with Crippen molar-refractivity contribution in [1.82, 2.24) is 5.32 Å². The minimum absolute atomic E-state index is 0.709. The summed E-state index contributed by atoms with van der Waals surface area (Å²) in [6, 6.07) is 9.44. The van der Waals surface area contributed by atoms with Crippen LogP contribution in [0.3, 0.4) is 0 Å². The lowest BCUT2D eigenvalue weighted by molar-refractivity contribution is 0.189. The molecule has 1 aliphatic carbocycles. The number of ether oxygens (including phenoxy) is 1. The maximum Gasteiger partial charge on any atom is 0.0474 e. The average Bonchev–Trinajstić information content (AvgIpc) is 2.28. The fourth-order valence-corrected chi connectivity index (χ4v) is 2.58. The smallest absolute Gasteiger partial charge is 0.0474 e. The predicted molar refractivity (Wildman–Crippen MR) is 74.4 cm³/mol. The molecule has 0 aliphatic heterocycles. The first-order chi connectivity index (χ1) is 8.29. The van der Waals surface area contributed by atoms with E-state index in [9.17, 15) is 0 Å². The van der Waals surface area contributed by atoms with E-state index in [1.807, 2.05) is 0 Å². The van der Waals surface area contributed by atoms with Crippen molar-refractivity contribution < 1.29 is 4.74 Å². The van der Waals surface area contributed by atoms with Crippen LogP contribution in [-0.4, -0.2) is 26.3 Å². The third kappa shape index (κ3) is 3.80. The lowest BCUT2D eigenvalue weighted by atomic mass is 9.76. The first-order valence-electron chi connectivity index (χ1n) is 6.27. The third-order valence-corrected chi connectivity index (χ3v) is 3.97. The lowest BCUT2D eigenvalue weighted by Crippen LogP contribution is -2.40. The molecular formula is C14H20BrNO. The second kappa shape index (κ2) is 6.53. The molecule has 2 rings (SSSR count). The number of methoxy groups -OCH3 is 1. The summed E-state index contributed by atoms with van der Waals surface area (Å²) in [6.45, 7) is 1.93. The van der Waals surface area contributed by atoms with Crippen LogP contribution in [0.2, 0.25) is 0 Å². The van der Waals surface area contributed by atoms with Crippen LogP contribution in [-0.2, 0) is 4.74 Å². The van der Waals surface area contributed by atoms with Gasteiger partial charge in [0.1, 0.15) is 0 Å². The Hall–Kier alpha value is -0.380. The van der Waals surface area contributed by atoms with Gasteiger partial charge in [0.15, 0.2) is 0 Å². The van der Waals surface area contributed by atoms with Gasteiger partial charge in [-0.2, -0.15) is 0 Å². The molecule has 1 fully saturated rings. The molecule has 1 aliphatic rings. The van der Waals surface area contributed by atoms with Crippen LogP contribution in [0, 0.1) is 0 Å². The lowest BCUT2D eigenvalue weighted by Gasteiger charge is -2.36. The molecule has 3 heteroatoms. The van der Waals surface area contributed by atoms with E-state index in [0.29, 0.717) is 6.04 Å². The second-order valence-electron chi connectivity index (χ2n) is 4.72. The van der Waals surface area contributed by atoms with E-state index in [1.165, 1.54) is 18.4 Å². The molecule has 1 saturated carbocycles. The first-order valence-corrected chi connectivity index (χ1v) is 7.06.